The van der Waals surface area contributed by atoms with Crippen molar-refractivity contribution < 1.29 is 19.2 Å². The average molecular weight is 399 g/mol. The molecule has 0 aliphatic heterocycles. The molecule has 0 bridgehead atoms. The minimum Gasteiger partial charge on any atom is -0.494 e. The molecule has 12 heteroatoms. The molecule has 0 fully saturated rings. The summed E-state index contributed by atoms with van der Waals surface area (Å²) >= 11 is 2.58. The van der Waals surface area contributed by atoms with Crippen LogP contribution in [0.1, 0.15) is 0 Å². The Labute approximate surface area is 157 Å². The topological polar surface area (TPSA) is 129 Å². The van der Waals surface area contributed by atoms with Crippen molar-refractivity contribution in [3.05, 3.63) is 28.3 Å². The molecule has 1 aromatic carbocycles. The summed E-state index contributed by atoms with van der Waals surface area (Å²) in [5, 5.41) is 25.1. The third-order valence-electron chi connectivity index (χ3n) is 2.99. The van der Waals surface area contributed by atoms with Crippen LogP contribution in [0.15, 0.2) is 22.5 Å². The molecule has 1 aromatic heterocycles. The van der Waals surface area contributed by atoms with E-state index in [1.54, 1.807) is 7.11 Å². The van der Waals surface area contributed by atoms with E-state index in [0.29, 0.717) is 28.3 Å². The van der Waals surface area contributed by atoms with E-state index in [0.717, 1.165) is 0 Å². The average Bonchev–Trinajstić information content (AvgIpc) is 3.08. The van der Waals surface area contributed by atoms with Crippen LogP contribution in [0.25, 0.3) is 0 Å². The fraction of sp³-hybridized carbons (Fsp3) is 0.357. The van der Waals surface area contributed by atoms with Gasteiger partial charge >= 0.3 is 0 Å². The third kappa shape index (κ3) is 5.82. The van der Waals surface area contributed by atoms with Crippen LogP contribution < -0.4 is 15.4 Å². The number of hydrogen-bond donors (Lipinski definition) is 2. The standard InChI is InChI=1S/C14H17N5O5S2/c1-23-6-5-15-13-17-18-14(26-13)25-8-12(20)16-10-4-3-9(19(21)22)7-11(10)24-2/h3-4,7H,5-6,8H2,1-2H3,(H,15,17)(H,16,20). The van der Waals surface area contributed by atoms with Gasteiger partial charge in [0, 0.05) is 19.7 Å². The molecule has 0 atom stereocenters. The predicted molar refractivity (Wildman–Crippen MR) is 99.3 cm³/mol. The van der Waals surface area contributed by atoms with Gasteiger partial charge in [0.1, 0.15) is 5.75 Å². The number of rotatable bonds is 10. The van der Waals surface area contributed by atoms with Crippen LogP contribution in [-0.4, -0.2) is 54.2 Å². The van der Waals surface area contributed by atoms with E-state index >= 15 is 0 Å². The molecular weight excluding hydrogens is 382 g/mol. The molecule has 0 spiro atoms. The molecule has 0 aliphatic carbocycles. The first-order chi connectivity index (χ1) is 12.5. The molecule has 1 heterocycles. The molecule has 26 heavy (non-hydrogen) atoms. The number of hydrogen-bond acceptors (Lipinski definition) is 10. The van der Waals surface area contributed by atoms with E-state index in [1.807, 2.05) is 0 Å². The Morgan fingerprint density at radius 3 is 2.88 bits per heavy atom. The second-order valence-corrected chi connectivity index (χ2v) is 6.97. The minimum atomic E-state index is -0.530. The second-order valence-electron chi connectivity index (χ2n) is 4.77. The summed E-state index contributed by atoms with van der Waals surface area (Å²) in [6, 6.07) is 3.99. The van der Waals surface area contributed by atoms with E-state index in [4.69, 9.17) is 9.47 Å². The predicted octanol–water partition coefficient (Wildman–Crippen LogP) is 2.24. The SMILES string of the molecule is COCCNc1nnc(SCC(=O)Nc2ccc([N+](=O)[O-])cc2OC)s1. The number of nitrogens with zero attached hydrogens (tertiary/aromatic N) is 3. The molecule has 1 amide bonds. The first-order valence-electron chi connectivity index (χ1n) is 7.35. The van der Waals surface area contributed by atoms with Crippen molar-refractivity contribution in [3.63, 3.8) is 0 Å². The number of ether oxygens (including phenoxy) is 2. The lowest BCUT2D eigenvalue weighted by Gasteiger charge is -2.09. The number of carbonyl (C=O) groups is 1. The molecule has 2 rings (SSSR count). The van der Waals surface area contributed by atoms with Crippen molar-refractivity contribution in [2.24, 2.45) is 0 Å². The van der Waals surface area contributed by atoms with E-state index in [2.05, 4.69) is 20.8 Å². The molecule has 0 saturated heterocycles. The van der Waals surface area contributed by atoms with Crippen LogP contribution in [0.2, 0.25) is 0 Å². The van der Waals surface area contributed by atoms with Gasteiger partial charge < -0.3 is 20.1 Å². The number of carbonyl (C=O) groups excluding carboxylic acids is 1. The quantitative estimate of drug-likeness (QED) is 0.267. The van der Waals surface area contributed by atoms with Crippen molar-refractivity contribution >= 4 is 45.5 Å². The van der Waals surface area contributed by atoms with Crippen LogP contribution in [0.4, 0.5) is 16.5 Å². The summed E-state index contributed by atoms with van der Waals surface area (Å²) in [6.45, 7) is 1.18. The van der Waals surface area contributed by atoms with Gasteiger partial charge in [0.05, 0.1) is 36.1 Å². The molecule has 0 unspecified atom stereocenters. The smallest absolute Gasteiger partial charge is 0.273 e. The maximum absolute atomic E-state index is 12.1. The van der Waals surface area contributed by atoms with Gasteiger partial charge in [-0.15, -0.1) is 10.2 Å². The maximum atomic E-state index is 12.1. The van der Waals surface area contributed by atoms with Crippen LogP contribution in [-0.2, 0) is 9.53 Å². The molecule has 140 valence electrons. The number of benzene rings is 1. The van der Waals surface area contributed by atoms with Gasteiger partial charge in [0.15, 0.2) is 4.34 Å². The second kappa shape index (κ2) is 9.89. The van der Waals surface area contributed by atoms with Crippen LogP contribution >= 0.6 is 23.1 Å². The van der Waals surface area contributed by atoms with Gasteiger partial charge in [-0.1, -0.05) is 23.1 Å². The molecule has 2 aromatic rings. The highest BCUT2D eigenvalue weighted by Gasteiger charge is 2.14. The molecule has 0 radical (unpaired) electrons. The van der Waals surface area contributed by atoms with Crippen molar-refractivity contribution in [2.45, 2.75) is 4.34 Å². The minimum absolute atomic E-state index is 0.114. The number of non-ortho nitro benzene ring substituents is 1. The third-order valence-corrected chi connectivity index (χ3v) is 5.00. The maximum Gasteiger partial charge on any atom is 0.273 e. The summed E-state index contributed by atoms with van der Waals surface area (Å²) in [5.41, 5.74) is 0.250. The van der Waals surface area contributed by atoms with Crippen LogP contribution in [0, 0.1) is 10.1 Å². The molecule has 0 saturated carbocycles. The number of nitro benzene ring substituents is 1. The monoisotopic (exact) mass is 399 g/mol. The van der Waals surface area contributed by atoms with Gasteiger partial charge in [-0.2, -0.15) is 0 Å². The lowest BCUT2D eigenvalue weighted by atomic mass is 10.2. The summed E-state index contributed by atoms with van der Waals surface area (Å²) < 4.78 is 10.7. The van der Waals surface area contributed by atoms with Crippen LogP contribution in [0.5, 0.6) is 5.75 Å². The highest BCUT2D eigenvalue weighted by molar-refractivity contribution is 8.01. The van der Waals surface area contributed by atoms with Gasteiger partial charge in [0.25, 0.3) is 5.69 Å². The van der Waals surface area contributed by atoms with Crippen molar-refractivity contribution in [3.8, 4) is 5.75 Å². The van der Waals surface area contributed by atoms with E-state index in [-0.39, 0.29) is 23.1 Å². The first kappa shape index (κ1) is 19.9. The highest BCUT2D eigenvalue weighted by atomic mass is 32.2. The van der Waals surface area contributed by atoms with Gasteiger partial charge in [0.2, 0.25) is 11.0 Å². The number of methoxy groups -OCH3 is 2. The summed E-state index contributed by atoms with van der Waals surface area (Å²) in [5.74, 6) is 0.0525. The fourth-order valence-corrected chi connectivity index (χ4v) is 3.39. The Morgan fingerprint density at radius 1 is 1.38 bits per heavy atom. The number of thioether (sulfide) groups is 1. The molecule has 10 nitrogen and oxygen atoms in total. The number of amides is 1. The highest BCUT2D eigenvalue weighted by Crippen LogP contribution is 2.30. The Hall–Kier alpha value is -2.44. The van der Waals surface area contributed by atoms with Gasteiger partial charge in [-0.3, -0.25) is 14.9 Å². The zero-order valence-corrected chi connectivity index (χ0v) is 15.7. The van der Waals surface area contributed by atoms with Gasteiger partial charge in [-0.25, -0.2) is 0 Å². The van der Waals surface area contributed by atoms with Crippen LogP contribution in [0.3, 0.4) is 0 Å². The number of anilines is 2. The molecule has 0 aliphatic rings. The Bertz CT molecular complexity index is 770. The molecular formula is C14H17N5O5S2. The Balaban J connectivity index is 1.88. The van der Waals surface area contributed by atoms with Crippen molar-refractivity contribution in [1.82, 2.24) is 10.2 Å². The lowest BCUT2D eigenvalue weighted by molar-refractivity contribution is -0.384. The normalized spacial score (nSPS) is 10.4. The fourth-order valence-electron chi connectivity index (χ4n) is 1.81. The van der Waals surface area contributed by atoms with E-state index in [9.17, 15) is 14.9 Å². The zero-order valence-electron chi connectivity index (χ0n) is 14.1. The Kier molecular flexibility index (Phi) is 7.56. The number of nitrogens with one attached hydrogen (secondary N) is 2. The first-order valence-corrected chi connectivity index (χ1v) is 9.15. The molecule has 2 N–H and O–H groups in total. The summed E-state index contributed by atoms with van der Waals surface area (Å²) in [4.78, 5) is 22.3. The zero-order chi connectivity index (χ0) is 18.9. The Morgan fingerprint density at radius 2 is 2.19 bits per heavy atom. The van der Waals surface area contributed by atoms with E-state index in [1.165, 1.54) is 48.4 Å². The summed E-state index contributed by atoms with van der Waals surface area (Å²) in [6.07, 6.45) is 0. The van der Waals surface area contributed by atoms with Crippen molar-refractivity contribution in [2.75, 3.05) is 43.8 Å². The largest absolute Gasteiger partial charge is 0.494 e. The van der Waals surface area contributed by atoms with Crippen molar-refractivity contribution in [1.29, 1.82) is 0 Å². The number of nitro groups is 1. The number of aromatic nitrogens is 2. The summed E-state index contributed by atoms with van der Waals surface area (Å²) in [7, 11) is 2.99. The van der Waals surface area contributed by atoms with Gasteiger partial charge in [-0.05, 0) is 6.07 Å². The van der Waals surface area contributed by atoms with E-state index < -0.39 is 4.92 Å². The lowest BCUT2D eigenvalue weighted by Crippen LogP contribution is -2.14.